The van der Waals surface area contributed by atoms with Gasteiger partial charge in [0.15, 0.2) is 0 Å². The van der Waals surface area contributed by atoms with E-state index >= 15 is 0 Å². The van der Waals surface area contributed by atoms with Crippen LogP contribution in [0.1, 0.15) is 58.1 Å². The van der Waals surface area contributed by atoms with Crippen molar-refractivity contribution >= 4 is 22.6 Å². The fourth-order valence-corrected chi connectivity index (χ4v) is 4.29. The largest absolute Gasteiger partial charge is 0.465 e. The number of amides is 1. The zero-order valence-corrected chi connectivity index (χ0v) is 15.3. The zero-order valence-electron chi connectivity index (χ0n) is 15.3. The van der Waals surface area contributed by atoms with Crippen molar-refractivity contribution in [3.8, 4) is 0 Å². The number of carboxylic acid groups (broad SMARTS) is 1. The van der Waals surface area contributed by atoms with Gasteiger partial charge in [-0.15, -0.1) is 5.10 Å². The molecule has 3 aromatic heterocycles. The molecular formula is C18H24N6O2. The SMILES string of the molecule is CC(C)(C)N(C(=O)O)C1CCC(c2nnn3cnc4[nH]ccc4c23)CC1. The van der Waals surface area contributed by atoms with Crippen molar-refractivity contribution in [1.82, 2.24) is 29.7 Å². The van der Waals surface area contributed by atoms with Crippen LogP contribution < -0.4 is 0 Å². The summed E-state index contributed by atoms with van der Waals surface area (Å²) in [6.45, 7) is 5.86. The van der Waals surface area contributed by atoms with Crippen LogP contribution in [0.15, 0.2) is 18.6 Å². The minimum atomic E-state index is -0.838. The third kappa shape index (κ3) is 2.69. The molecule has 1 fully saturated rings. The van der Waals surface area contributed by atoms with Crippen LogP contribution in [0.2, 0.25) is 0 Å². The van der Waals surface area contributed by atoms with Crippen molar-refractivity contribution in [3.05, 3.63) is 24.3 Å². The first-order chi connectivity index (χ1) is 12.4. The van der Waals surface area contributed by atoms with Crippen molar-refractivity contribution in [3.63, 3.8) is 0 Å². The first-order valence-corrected chi connectivity index (χ1v) is 9.05. The second kappa shape index (κ2) is 5.96. The number of carbonyl (C=O) groups is 1. The third-order valence-electron chi connectivity index (χ3n) is 5.37. The van der Waals surface area contributed by atoms with Crippen LogP contribution >= 0.6 is 0 Å². The van der Waals surface area contributed by atoms with Gasteiger partial charge in [-0.2, -0.15) is 0 Å². The second-order valence-electron chi connectivity index (χ2n) is 8.08. The first kappa shape index (κ1) is 16.8. The minimum Gasteiger partial charge on any atom is -0.465 e. The smallest absolute Gasteiger partial charge is 0.407 e. The molecule has 0 unspecified atom stereocenters. The van der Waals surface area contributed by atoms with E-state index in [-0.39, 0.29) is 6.04 Å². The number of aromatic amines is 1. The molecule has 2 N–H and O–H groups in total. The average molecular weight is 356 g/mol. The molecule has 0 atom stereocenters. The van der Waals surface area contributed by atoms with E-state index in [1.807, 2.05) is 33.0 Å². The number of aromatic nitrogens is 5. The maximum Gasteiger partial charge on any atom is 0.407 e. The lowest BCUT2D eigenvalue weighted by atomic mass is 9.82. The highest BCUT2D eigenvalue weighted by atomic mass is 16.4. The van der Waals surface area contributed by atoms with Crippen LogP contribution in [0.5, 0.6) is 0 Å². The molecule has 0 saturated heterocycles. The van der Waals surface area contributed by atoms with E-state index in [1.165, 1.54) is 0 Å². The second-order valence-corrected chi connectivity index (χ2v) is 8.08. The van der Waals surface area contributed by atoms with Gasteiger partial charge in [-0.25, -0.2) is 14.3 Å². The van der Waals surface area contributed by atoms with Crippen LogP contribution in [0.25, 0.3) is 16.6 Å². The molecule has 8 heteroatoms. The van der Waals surface area contributed by atoms with Gasteiger partial charge in [0, 0.05) is 29.1 Å². The number of fused-ring (bicyclic) bond motifs is 3. The standard InChI is InChI=1S/C18H24N6O2/c1-18(2,3)24(17(25)26)12-6-4-11(5-7-12)14-15-13-8-9-19-16(13)20-10-23(15)22-21-14/h8-12,19H,4-7H2,1-3H3,(H,25,26). The van der Waals surface area contributed by atoms with Crippen LogP contribution in [-0.2, 0) is 0 Å². The van der Waals surface area contributed by atoms with E-state index in [2.05, 4.69) is 20.3 Å². The highest BCUT2D eigenvalue weighted by Crippen LogP contribution is 2.38. The molecule has 0 spiro atoms. The summed E-state index contributed by atoms with van der Waals surface area (Å²) < 4.78 is 1.73. The van der Waals surface area contributed by atoms with E-state index in [4.69, 9.17) is 0 Å². The number of nitrogens with one attached hydrogen (secondary N) is 1. The van der Waals surface area contributed by atoms with Crippen molar-refractivity contribution in [2.24, 2.45) is 0 Å². The molecule has 1 saturated carbocycles. The Labute approximate surface area is 151 Å². The highest BCUT2D eigenvalue weighted by Gasteiger charge is 2.36. The predicted octanol–water partition coefficient (Wildman–Crippen LogP) is 3.41. The molecule has 8 nitrogen and oxygen atoms in total. The topological polar surface area (TPSA) is 99.4 Å². The lowest BCUT2D eigenvalue weighted by Gasteiger charge is -2.42. The maximum absolute atomic E-state index is 11.7. The van der Waals surface area contributed by atoms with Gasteiger partial charge < -0.3 is 15.0 Å². The van der Waals surface area contributed by atoms with Crippen LogP contribution in [0.3, 0.4) is 0 Å². The molecule has 0 bridgehead atoms. The number of H-pyrrole nitrogens is 1. The highest BCUT2D eigenvalue weighted by molar-refractivity contribution is 5.92. The van der Waals surface area contributed by atoms with Gasteiger partial charge in [0.05, 0.1) is 5.69 Å². The summed E-state index contributed by atoms with van der Waals surface area (Å²) in [6.07, 6.45) is 6.22. The molecule has 0 aliphatic heterocycles. The van der Waals surface area contributed by atoms with Gasteiger partial charge in [0.2, 0.25) is 0 Å². The van der Waals surface area contributed by atoms with Crippen molar-refractivity contribution < 1.29 is 9.90 Å². The molecule has 0 aromatic carbocycles. The Bertz CT molecular complexity index is 946. The quantitative estimate of drug-likeness (QED) is 0.733. The summed E-state index contributed by atoms with van der Waals surface area (Å²) in [4.78, 5) is 20.8. The van der Waals surface area contributed by atoms with Gasteiger partial charge in [-0.05, 0) is 52.5 Å². The fourth-order valence-electron chi connectivity index (χ4n) is 4.29. The first-order valence-electron chi connectivity index (χ1n) is 9.05. The molecule has 3 aromatic rings. The van der Waals surface area contributed by atoms with E-state index in [0.29, 0.717) is 5.92 Å². The molecule has 26 heavy (non-hydrogen) atoms. The van der Waals surface area contributed by atoms with E-state index < -0.39 is 11.6 Å². The normalized spacial score (nSPS) is 21.3. The van der Waals surface area contributed by atoms with E-state index in [0.717, 1.165) is 47.9 Å². The van der Waals surface area contributed by atoms with Gasteiger partial charge in [0.1, 0.15) is 17.5 Å². The summed E-state index contributed by atoms with van der Waals surface area (Å²) in [7, 11) is 0. The van der Waals surface area contributed by atoms with Gasteiger partial charge >= 0.3 is 6.09 Å². The number of hydrogen-bond donors (Lipinski definition) is 2. The lowest BCUT2D eigenvalue weighted by molar-refractivity contribution is 0.0545. The molecule has 1 amide bonds. The van der Waals surface area contributed by atoms with Crippen molar-refractivity contribution in [2.45, 2.75) is 64.0 Å². The zero-order chi connectivity index (χ0) is 18.5. The van der Waals surface area contributed by atoms with Gasteiger partial charge in [0.25, 0.3) is 0 Å². The minimum absolute atomic E-state index is 0.0551. The van der Waals surface area contributed by atoms with Crippen molar-refractivity contribution in [2.75, 3.05) is 0 Å². The number of rotatable bonds is 2. The monoisotopic (exact) mass is 356 g/mol. The summed E-state index contributed by atoms with van der Waals surface area (Å²) in [5, 5.41) is 19.3. The van der Waals surface area contributed by atoms with Gasteiger partial charge in [-0.3, -0.25) is 0 Å². The summed E-state index contributed by atoms with van der Waals surface area (Å²) in [5.74, 6) is 0.292. The maximum atomic E-state index is 11.7. The third-order valence-corrected chi connectivity index (χ3v) is 5.37. The van der Waals surface area contributed by atoms with Crippen LogP contribution in [-0.4, -0.2) is 52.5 Å². The van der Waals surface area contributed by atoms with Gasteiger partial charge in [-0.1, -0.05) is 5.21 Å². The summed E-state index contributed by atoms with van der Waals surface area (Å²) in [6, 6.07) is 2.06. The van der Waals surface area contributed by atoms with E-state index in [1.54, 1.807) is 15.7 Å². The molecule has 138 valence electrons. The molecule has 4 rings (SSSR count). The summed E-state index contributed by atoms with van der Waals surface area (Å²) >= 11 is 0. The Morgan fingerprint density at radius 2 is 2.04 bits per heavy atom. The molecule has 0 radical (unpaired) electrons. The molecule has 1 aliphatic carbocycles. The molecule has 1 aliphatic rings. The molecular weight excluding hydrogens is 332 g/mol. The van der Waals surface area contributed by atoms with Crippen molar-refractivity contribution in [1.29, 1.82) is 0 Å². The Hall–Kier alpha value is -2.64. The fraction of sp³-hybridized carbons (Fsp3) is 0.556. The Kier molecular flexibility index (Phi) is 3.86. The Morgan fingerprint density at radius 1 is 1.31 bits per heavy atom. The lowest BCUT2D eigenvalue weighted by Crippen LogP contribution is -2.52. The van der Waals surface area contributed by atoms with Crippen LogP contribution in [0.4, 0.5) is 4.79 Å². The predicted molar refractivity (Wildman–Crippen MR) is 97.3 cm³/mol. The van der Waals surface area contributed by atoms with Crippen LogP contribution in [0, 0.1) is 0 Å². The van der Waals surface area contributed by atoms with E-state index in [9.17, 15) is 9.90 Å². The number of nitrogens with zero attached hydrogens (tertiary/aromatic N) is 5. The Morgan fingerprint density at radius 3 is 2.69 bits per heavy atom. The molecule has 3 heterocycles. The summed E-state index contributed by atoms with van der Waals surface area (Å²) in [5.41, 5.74) is 2.44. The Balaban J connectivity index is 1.60. The number of hydrogen-bond acceptors (Lipinski definition) is 4. The average Bonchev–Trinajstić information content (AvgIpc) is 3.19.